The minimum atomic E-state index is -0.577. The zero-order valence-corrected chi connectivity index (χ0v) is 13.5. The van der Waals surface area contributed by atoms with Crippen LogP contribution >= 0.6 is 0 Å². The van der Waals surface area contributed by atoms with E-state index in [1.165, 1.54) is 12.0 Å². The van der Waals surface area contributed by atoms with Gasteiger partial charge in [0.25, 0.3) is 0 Å². The van der Waals surface area contributed by atoms with E-state index in [0.29, 0.717) is 13.0 Å². The van der Waals surface area contributed by atoms with Crippen LogP contribution in [0.2, 0.25) is 0 Å². The molecule has 0 aromatic rings. The molecule has 1 unspecified atom stereocenters. The lowest BCUT2D eigenvalue weighted by molar-refractivity contribution is -0.164. The van der Waals surface area contributed by atoms with E-state index in [0.717, 1.165) is 6.42 Å². The van der Waals surface area contributed by atoms with E-state index in [1.54, 1.807) is 27.7 Å². The standard InChI is InChI=1S/C15H25NO5/c1-10(9-12(17)20-5)13(18)16-8-6-7-11(16)14(19)21-15(2,3)4/h10-11H,6-9H2,1-5H3/t10?,11-/m0/s1. The molecule has 0 aliphatic carbocycles. The number of likely N-dealkylation sites (tertiary alicyclic amines) is 1. The molecule has 1 amide bonds. The van der Waals surface area contributed by atoms with Crippen LogP contribution in [0.4, 0.5) is 0 Å². The molecule has 120 valence electrons. The Kier molecular flexibility index (Phi) is 5.75. The largest absolute Gasteiger partial charge is 0.469 e. The molecule has 1 aliphatic heterocycles. The molecule has 21 heavy (non-hydrogen) atoms. The van der Waals surface area contributed by atoms with Crippen LogP contribution in [-0.2, 0) is 23.9 Å². The van der Waals surface area contributed by atoms with Crippen molar-refractivity contribution in [1.29, 1.82) is 0 Å². The van der Waals surface area contributed by atoms with Gasteiger partial charge in [0.15, 0.2) is 0 Å². The van der Waals surface area contributed by atoms with Crippen molar-refractivity contribution in [1.82, 2.24) is 4.90 Å². The lowest BCUT2D eigenvalue weighted by Crippen LogP contribution is -2.45. The number of rotatable bonds is 4. The summed E-state index contributed by atoms with van der Waals surface area (Å²) in [5.41, 5.74) is -0.577. The van der Waals surface area contributed by atoms with Gasteiger partial charge in [-0.3, -0.25) is 9.59 Å². The summed E-state index contributed by atoms with van der Waals surface area (Å²) in [6, 6.07) is -0.545. The summed E-state index contributed by atoms with van der Waals surface area (Å²) in [5.74, 6) is -1.50. The minimum Gasteiger partial charge on any atom is -0.469 e. The molecule has 0 aromatic heterocycles. The van der Waals surface area contributed by atoms with Gasteiger partial charge in [-0.1, -0.05) is 6.92 Å². The fourth-order valence-electron chi connectivity index (χ4n) is 2.35. The molecule has 0 aromatic carbocycles. The molecule has 2 atom stereocenters. The predicted molar refractivity (Wildman–Crippen MR) is 76.4 cm³/mol. The SMILES string of the molecule is COC(=O)CC(C)C(=O)N1CCC[C@H]1C(=O)OC(C)(C)C. The fraction of sp³-hybridized carbons (Fsp3) is 0.800. The molecule has 0 saturated carbocycles. The number of carbonyl (C=O) groups is 3. The van der Waals surface area contributed by atoms with Gasteiger partial charge in [0.1, 0.15) is 11.6 Å². The second kappa shape index (κ2) is 6.91. The molecule has 1 saturated heterocycles. The summed E-state index contributed by atoms with van der Waals surface area (Å²) in [6.45, 7) is 7.58. The van der Waals surface area contributed by atoms with Crippen LogP contribution in [0.15, 0.2) is 0 Å². The first-order valence-corrected chi connectivity index (χ1v) is 7.26. The van der Waals surface area contributed by atoms with Gasteiger partial charge in [0, 0.05) is 12.5 Å². The Hall–Kier alpha value is -1.59. The maximum atomic E-state index is 12.4. The average molecular weight is 299 g/mol. The number of ether oxygens (including phenoxy) is 2. The van der Waals surface area contributed by atoms with Crippen molar-refractivity contribution in [2.24, 2.45) is 5.92 Å². The molecule has 0 spiro atoms. The number of nitrogens with zero attached hydrogens (tertiary/aromatic N) is 1. The number of esters is 2. The third-order valence-electron chi connectivity index (χ3n) is 3.34. The molecule has 1 fully saturated rings. The number of hydrogen-bond acceptors (Lipinski definition) is 5. The molecule has 1 rings (SSSR count). The third kappa shape index (κ3) is 5.02. The smallest absolute Gasteiger partial charge is 0.329 e. The molecule has 0 radical (unpaired) electrons. The first kappa shape index (κ1) is 17.5. The maximum absolute atomic E-state index is 12.4. The molecule has 1 heterocycles. The Balaban J connectivity index is 2.70. The maximum Gasteiger partial charge on any atom is 0.329 e. The normalized spacial score (nSPS) is 20.0. The van der Waals surface area contributed by atoms with E-state index >= 15 is 0 Å². The topological polar surface area (TPSA) is 72.9 Å². The number of methoxy groups -OCH3 is 1. The first-order valence-electron chi connectivity index (χ1n) is 7.26. The average Bonchev–Trinajstić information content (AvgIpc) is 2.84. The van der Waals surface area contributed by atoms with E-state index in [-0.39, 0.29) is 18.3 Å². The van der Waals surface area contributed by atoms with E-state index in [2.05, 4.69) is 4.74 Å². The molecular formula is C15H25NO5. The Bertz CT molecular complexity index is 413. The minimum absolute atomic E-state index is 0.0207. The summed E-state index contributed by atoms with van der Waals surface area (Å²) < 4.78 is 9.93. The molecule has 0 bridgehead atoms. The van der Waals surface area contributed by atoms with Gasteiger partial charge in [-0.25, -0.2) is 4.79 Å². The van der Waals surface area contributed by atoms with Crippen molar-refractivity contribution >= 4 is 17.8 Å². The summed E-state index contributed by atoms with van der Waals surface area (Å²) in [7, 11) is 1.29. The van der Waals surface area contributed by atoms with E-state index in [1.807, 2.05) is 0 Å². The Morgan fingerprint density at radius 3 is 2.43 bits per heavy atom. The van der Waals surface area contributed by atoms with Gasteiger partial charge in [-0.05, 0) is 33.6 Å². The van der Waals surface area contributed by atoms with Crippen LogP contribution in [0.3, 0.4) is 0 Å². The zero-order valence-electron chi connectivity index (χ0n) is 13.5. The monoisotopic (exact) mass is 299 g/mol. The van der Waals surface area contributed by atoms with Crippen LogP contribution in [-0.4, -0.2) is 48.0 Å². The van der Waals surface area contributed by atoms with Crippen molar-refractivity contribution in [3.05, 3.63) is 0 Å². The van der Waals surface area contributed by atoms with Crippen molar-refractivity contribution in [2.75, 3.05) is 13.7 Å². The molecular weight excluding hydrogens is 274 g/mol. The van der Waals surface area contributed by atoms with Gasteiger partial charge in [-0.2, -0.15) is 0 Å². The number of amides is 1. The highest BCUT2D eigenvalue weighted by Crippen LogP contribution is 2.23. The van der Waals surface area contributed by atoms with E-state index in [4.69, 9.17) is 4.74 Å². The van der Waals surface area contributed by atoms with Crippen LogP contribution in [0.1, 0.15) is 47.0 Å². The van der Waals surface area contributed by atoms with Crippen LogP contribution < -0.4 is 0 Å². The Morgan fingerprint density at radius 2 is 1.90 bits per heavy atom. The summed E-state index contributed by atoms with van der Waals surface area (Å²) in [6.07, 6.45) is 1.39. The molecule has 0 N–H and O–H groups in total. The van der Waals surface area contributed by atoms with E-state index < -0.39 is 23.5 Å². The summed E-state index contributed by atoms with van der Waals surface area (Å²) in [5, 5.41) is 0. The predicted octanol–water partition coefficient (Wildman–Crippen LogP) is 1.52. The lowest BCUT2D eigenvalue weighted by Gasteiger charge is -2.28. The number of carbonyl (C=O) groups excluding carboxylic acids is 3. The van der Waals surface area contributed by atoms with Gasteiger partial charge in [0.05, 0.1) is 13.5 Å². The van der Waals surface area contributed by atoms with Crippen molar-refractivity contribution in [3.8, 4) is 0 Å². The zero-order chi connectivity index (χ0) is 16.2. The molecule has 6 nitrogen and oxygen atoms in total. The highest BCUT2D eigenvalue weighted by Gasteiger charge is 2.38. The van der Waals surface area contributed by atoms with Crippen LogP contribution in [0.25, 0.3) is 0 Å². The van der Waals surface area contributed by atoms with Gasteiger partial charge < -0.3 is 14.4 Å². The Morgan fingerprint density at radius 1 is 1.29 bits per heavy atom. The van der Waals surface area contributed by atoms with Crippen LogP contribution in [0.5, 0.6) is 0 Å². The lowest BCUT2D eigenvalue weighted by atomic mass is 10.1. The summed E-state index contributed by atoms with van der Waals surface area (Å²) >= 11 is 0. The number of hydrogen-bond donors (Lipinski definition) is 0. The summed E-state index contributed by atoms with van der Waals surface area (Å²) in [4.78, 5) is 37.3. The van der Waals surface area contributed by atoms with Crippen molar-refractivity contribution in [3.63, 3.8) is 0 Å². The third-order valence-corrected chi connectivity index (χ3v) is 3.34. The highest BCUT2D eigenvalue weighted by atomic mass is 16.6. The van der Waals surface area contributed by atoms with Crippen molar-refractivity contribution < 1.29 is 23.9 Å². The molecule has 6 heteroatoms. The van der Waals surface area contributed by atoms with E-state index in [9.17, 15) is 14.4 Å². The van der Waals surface area contributed by atoms with Gasteiger partial charge in [-0.15, -0.1) is 0 Å². The fourth-order valence-corrected chi connectivity index (χ4v) is 2.35. The van der Waals surface area contributed by atoms with Crippen molar-refractivity contribution in [2.45, 2.75) is 58.6 Å². The van der Waals surface area contributed by atoms with Gasteiger partial charge in [0.2, 0.25) is 5.91 Å². The highest BCUT2D eigenvalue weighted by molar-refractivity contribution is 5.88. The Labute approximate surface area is 125 Å². The van der Waals surface area contributed by atoms with Gasteiger partial charge >= 0.3 is 11.9 Å². The van der Waals surface area contributed by atoms with Crippen LogP contribution in [0, 0.1) is 5.92 Å². The quantitative estimate of drug-likeness (QED) is 0.736. The second-order valence-electron chi connectivity index (χ2n) is 6.40. The first-order chi connectivity index (χ1) is 9.65. The second-order valence-corrected chi connectivity index (χ2v) is 6.40. The molecule has 1 aliphatic rings.